The van der Waals surface area contributed by atoms with E-state index in [-0.39, 0.29) is 17.5 Å². The molecule has 0 aliphatic carbocycles. The number of halogens is 1. The third-order valence-corrected chi connectivity index (χ3v) is 3.26. The van der Waals surface area contributed by atoms with E-state index in [9.17, 15) is 14.0 Å². The Morgan fingerprint density at radius 2 is 1.74 bits per heavy atom. The van der Waals surface area contributed by atoms with Crippen molar-refractivity contribution < 1.29 is 18.7 Å². The van der Waals surface area contributed by atoms with Gasteiger partial charge in [-0.3, -0.25) is 9.59 Å². The van der Waals surface area contributed by atoms with Crippen LogP contribution in [0.1, 0.15) is 31.1 Å². The number of carbonyl (C=O) groups is 2. The maximum Gasteiger partial charge on any atom is 0.267 e. The standard InChI is InChI=1S/C18H18FNO3/c1-12(21)13-5-4-6-15(11-13)20-17(22)18(2,3)23-16-9-7-14(19)8-10-16/h4-11H,1-3H3,(H,20,22). The van der Waals surface area contributed by atoms with Crippen LogP contribution in [0.4, 0.5) is 10.1 Å². The molecule has 0 bridgehead atoms. The van der Waals surface area contributed by atoms with Gasteiger partial charge in [-0.2, -0.15) is 0 Å². The van der Waals surface area contributed by atoms with Crippen LogP contribution in [0.25, 0.3) is 0 Å². The summed E-state index contributed by atoms with van der Waals surface area (Å²) in [6.07, 6.45) is 0. The average Bonchev–Trinajstić information content (AvgIpc) is 2.49. The number of hydrogen-bond acceptors (Lipinski definition) is 3. The first kappa shape index (κ1) is 16.7. The molecule has 2 aromatic rings. The minimum Gasteiger partial charge on any atom is -0.478 e. The van der Waals surface area contributed by atoms with Gasteiger partial charge in [0.1, 0.15) is 11.6 Å². The highest BCUT2D eigenvalue weighted by Crippen LogP contribution is 2.21. The van der Waals surface area contributed by atoms with E-state index in [1.54, 1.807) is 38.1 Å². The molecule has 0 saturated carbocycles. The third-order valence-electron chi connectivity index (χ3n) is 3.26. The summed E-state index contributed by atoms with van der Waals surface area (Å²) >= 11 is 0. The van der Waals surface area contributed by atoms with Gasteiger partial charge in [-0.1, -0.05) is 12.1 Å². The molecule has 2 aromatic carbocycles. The number of carbonyl (C=O) groups excluding carboxylic acids is 2. The van der Waals surface area contributed by atoms with Crippen LogP contribution in [0, 0.1) is 5.82 Å². The van der Waals surface area contributed by atoms with Crippen LogP contribution in [-0.2, 0) is 4.79 Å². The van der Waals surface area contributed by atoms with Crippen molar-refractivity contribution in [3.05, 3.63) is 59.9 Å². The summed E-state index contributed by atoms with van der Waals surface area (Å²) in [5, 5.41) is 2.72. The highest BCUT2D eigenvalue weighted by atomic mass is 19.1. The molecule has 5 heteroatoms. The topological polar surface area (TPSA) is 55.4 Å². The number of ketones is 1. The Morgan fingerprint density at radius 3 is 2.35 bits per heavy atom. The van der Waals surface area contributed by atoms with E-state index >= 15 is 0 Å². The molecular formula is C18H18FNO3. The largest absolute Gasteiger partial charge is 0.478 e. The molecule has 2 rings (SSSR count). The highest BCUT2D eigenvalue weighted by Gasteiger charge is 2.30. The fourth-order valence-corrected chi connectivity index (χ4v) is 1.94. The maximum absolute atomic E-state index is 12.9. The molecule has 0 atom stereocenters. The van der Waals surface area contributed by atoms with E-state index in [2.05, 4.69) is 5.32 Å². The normalized spacial score (nSPS) is 11.0. The SMILES string of the molecule is CC(=O)c1cccc(NC(=O)C(C)(C)Oc2ccc(F)cc2)c1. The van der Waals surface area contributed by atoms with Crippen LogP contribution in [0.2, 0.25) is 0 Å². The van der Waals surface area contributed by atoms with Crippen molar-refractivity contribution in [2.24, 2.45) is 0 Å². The lowest BCUT2D eigenvalue weighted by atomic mass is 10.1. The van der Waals surface area contributed by atoms with Crippen molar-refractivity contribution >= 4 is 17.4 Å². The minimum atomic E-state index is -1.16. The lowest BCUT2D eigenvalue weighted by Crippen LogP contribution is -2.42. The van der Waals surface area contributed by atoms with E-state index in [4.69, 9.17) is 4.74 Å². The van der Waals surface area contributed by atoms with Crippen LogP contribution < -0.4 is 10.1 Å². The molecule has 120 valence electrons. The molecule has 0 aliphatic rings. The number of benzene rings is 2. The summed E-state index contributed by atoms with van der Waals surface area (Å²) < 4.78 is 18.5. The quantitative estimate of drug-likeness (QED) is 0.853. The van der Waals surface area contributed by atoms with Crippen LogP contribution in [0.5, 0.6) is 5.75 Å². The van der Waals surface area contributed by atoms with Crippen LogP contribution >= 0.6 is 0 Å². The number of amides is 1. The minimum absolute atomic E-state index is 0.0806. The molecule has 1 N–H and O–H groups in total. The zero-order chi connectivity index (χ0) is 17.0. The van der Waals surface area contributed by atoms with E-state index in [0.29, 0.717) is 17.0 Å². The number of hydrogen-bond donors (Lipinski definition) is 1. The zero-order valence-corrected chi connectivity index (χ0v) is 13.2. The Bertz CT molecular complexity index is 723. The summed E-state index contributed by atoms with van der Waals surface area (Å²) in [7, 11) is 0. The second-order valence-corrected chi connectivity index (χ2v) is 5.66. The van der Waals surface area contributed by atoms with Crippen molar-refractivity contribution in [1.29, 1.82) is 0 Å². The van der Waals surface area contributed by atoms with Gasteiger partial charge in [-0.15, -0.1) is 0 Å². The Labute approximate surface area is 134 Å². The zero-order valence-electron chi connectivity index (χ0n) is 13.2. The highest BCUT2D eigenvalue weighted by molar-refractivity contribution is 5.99. The van der Waals surface area contributed by atoms with Gasteiger partial charge >= 0.3 is 0 Å². The van der Waals surface area contributed by atoms with Crippen LogP contribution in [0.3, 0.4) is 0 Å². The van der Waals surface area contributed by atoms with Gasteiger partial charge in [0, 0.05) is 11.3 Å². The Hall–Kier alpha value is -2.69. The molecule has 0 spiro atoms. The molecule has 4 nitrogen and oxygen atoms in total. The van der Waals surface area contributed by atoms with E-state index in [0.717, 1.165) is 0 Å². The molecule has 0 unspecified atom stereocenters. The number of nitrogens with one attached hydrogen (secondary N) is 1. The molecule has 0 saturated heterocycles. The monoisotopic (exact) mass is 315 g/mol. The van der Waals surface area contributed by atoms with Crippen molar-refractivity contribution in [2.75, 3.05) is 5.32 Å². The average molecular weight is 315 g/mol. The Balaban J connectivity index is 2.10. The predicted octanol–water partition coefficient (Wildman–Crippen LogP) is 3.82. The van der Waals surface area contributed by atoms with E-state index in [1.165, 1.54) is 31.2 Å². The summed E-state index contributed by atoms with van der Waals surface area (Å²) in [4.78, 5) is 23.8. The number of anilines is 1. The summed E-state index contributed by atoms with van der Waals surface area (Å²) in [5.74, 6) is -0.435. The van der Waals surface area contributed by atoms with Crippen molar-refractivity contribution in [1.82, 2.24) is 0 Å². The van der Waals surface area contributed by atoms with E-state index in [1.807, 2.05) is 0 Å². The number of rotatable bonds is 5. The smallest absolute Gasteiger partial charge is 0.267 e. The number of ether oxygens (including phenoxy) is 1. The molecule has 0 aliphatic heterocycles. The molecule has 1 amide bonds. The predicted molar refractivity (Wildman–Crippen MR) is 86.2 cm³/mol. The fraction of sp³-hybridized carbons (Fsp3) is 0.222. The molecular weight excluding hydrogens is 297 g/mol. The lowest BCUT2D eigenvalue weighted by molar-refractivity contribution is -0.128. The van der Waals surface area contributed by atoms with Gasteiger partial charge in [0.25, 0.3) is 5.91 Å². The van der Waals surface area contributed by atoms with Crippen molar-refractivity contribution in [3.63, 3.8) is 0 Å². The van der Waals surface area contributed by atoms with Gasteiger partial charge in [0.05, 0.1) is 0 Å². The third kappa shape index (κ3) is 4.39. The molecule has 0 radical (unpaired) electrons. The first-order chi connectivity index (χ1) is 10.8. The maximum atomic E-state index is 12.9. The summed E-state index contributed by atoms with van der Waals surface area (Å²) in [6.45, 7) is 4.68. The second kappa shape index (κ2) is 6.60. The summed E-state index contributed by atoms with van der Waals surface area (Å²) in [6, 6.07) is 12.1. The lowest BCUT2D eigenvalue weighted by Gasteiger charge is -2.25. The van der Waals surface area contributed by atoms with Crippen LogP contribution in [-0.4, -0.2) is 17.3 Å². The summed E-state index contributed by atoms with van der Waals surface area (Å²) in [5.41, 5.74) is -0.136. The molecule has 0 fully saturated rings. The first-order valence-electron chi connectivity index (χ1n) is 7.15. The van der Waals surface area contributed by atoms with E-state index < -0.39 is 5.60 Å². The Morgan fingerprint density at radius 1 is 1.09 bits per heavy atom. The Kier molecular flexibility index (Phi) is 4.79. The van der Waals surface area contributed by atoms with Crippen LogP contribution in [0.15, 0.2) is 48.5 Å². The van der Waals surface area contributed by atoms with Gasteiger partial charge in [0.2, 0.25) is 0 Å². The van der Waals surface area contributed by atoms with Gasteiger partial charge in [-0.25, -0.2) is 4.39 Å². The second-order valence-electron chi connectivity index (χ2n) is 5.66. The van der Waals surface area contributed by atoms with Crippen molar-refractivity contribution in [2.45, 2.75) is 26.4 Å². The fourth-order valence-electron chi connectivity index (χ4n) is 1.94. The molecule has 0 heterocycles. The first-order valence-corrected chi connectivity index (χ1v) is 7.15. The van der Waals surface area contributed by atoms with Gasteiger partial charge in [0.15, 0.2) is 11.4 Å². The number of Topliss-reactive ketones (excluding diaryl/α,β-unsaturated/α-hetero) is 1. The molecule has 0 aromatic heterocycles. The van der Waals surface area contributed by atoms with Crippen molar-refractivity contribution in [3.8, 4) is 5.75 Å². The molecule has 23 heavy (non-hydrogen) atoms. The van der Waals surface area contributed by atoms with Gasteiger partial charge < -0.3 is 10.1 Å². The van der Waals surface area contributed by atoms with Gasteiger partial charge in [-0.05, 0) is 57.2 Å².